The number of para-hydroxylation sites is 2. The molecular weight excluding hydrogens is 364 g/mol. The van der Waals surface area contributed by atoms with Crippen molar-refractivity contribution in [2.45, 2.75) is 36.7 Å². The van der Waals surface area contributed by atoms with Gasteiger partial charge in [-0.2, -0.15) is 0 Å². The fraction of sp³-hybridized carbons (Fsp3) is 0.263. The Morgan fingerprint density at radius 3 is 2.52 bits per heavy atom. The predicted octanol–water partition coefficient (Wildman–Crippen LogP) is 2.49. The molecule has 140 valence electrons. The summed E-state index contributed by atoms with van der Waals surface area (Å²) in [5.41, 5.74) is 2.14. The molecule has 0 spiro atoms. The average Bonchev–Trinajstić information content (AvgIpc) is 3.34. The fourth-order valence-electron chi connectivity index (χ4n) is 2.80. The Hall–Kier alpha value is -2.71. The Kier molecular flexibility index (Phi) is 4.45. The molecule has 1 aliphatic rings. The number of nitrogens with zero attached hydrogens (tertiary/aromatic N) is 1. The lowest BCUT2D eigenvalue weighted by molar-refractivity contribution is 0.0938. The smallest absolute Gasteiger partial charge is 0.251 e. The van der Waals surface area contributed by atoms with Gasteiger partial charge >= 0.3 is 0 Å². The fourth-order valence-corrected chi connectivity index (χ4v) is 4.11. The number of nitrogens with one attached hydrogen (secondary N) is 3. The SMILES string of the molecule is C[C@H](NC(=O)c1ccc(S(=O)(=O)NC2CC2)cc1)c1nc2ccccc2[nH]1. The van der Waals surface area contributed by atoms with Crippen LogP contribution in [0.2, 0.25) is 0 Å². The monoisotopic (exact) mass is 384 g/mol. The molecule has 0 aliphatic heterocycles. The van der Waals surface area contributed by atoms with Gasteiger partial charge in [0.1, 0.15) is 5.82 Å². The second-order valence-corrected chi connectivity index (χ2v) is 8.47. The third-order valence-corrected chi connectivity index (χ3v) is 6.03. The second kappa shape index (κ2) is 6.79. The van der Waals surface area contributed by atoms with Crippen LogP contribution in [0, 0.1) is 0 Å². The van der Waals surface area contributed by atoms with Gasteiger partial charge in [-0.3, -0.25) is 4.79 Å². The number of hydrogen-bond donors (Lipinski definition) is 3. The predicted molar refractivity (Wildman–Crippen MR) is 102 cm³/mol. The molecule has 0 radical (unpaired) electrons. The summed E-state index contributed by atoms with van der Waals surface area (Å²) in [5, 5.41) is 2.88. The number of carbonyl (C=O) groups excluding carboxylic acids is 1. The molecule has 3 aromatic rings. The van der Waals surface area contributed by atoms with Crippen LogP contribution < -0.4 is 10.0 Å². The van der Waals surface area contributed by atoms with E-state index in [-0.39, 0.29) is 22.9 Å². The molecule has 1 heterocycles. The van der Waals surface area contributed by atoms with E-state index in [1.54, 1.807) is 0 Å². The number of aromatic nitrogens is 2. The quantitative estimate of drug-likeness (QED) is 0.607. The number of hydrogen-bond acceptors (Lipinski definition) is 4. The molecule has 3 N–H and O–H groups in total. The van der Waals surface area contributed by atoms with Gasteiger partial charge in [0, 0.05) is 11.6 Å². The van der Waals surface area contributed by atoms with Crippen molar-refractivity contribution in [3.63, 3.8) is 0 Å². The highest BCUT2D eigenvalue weighted by atomic mass is 32.2. The zero-order valence-corrected chi connectivity index (χ0v) is 15.6. The number of aromatic amines is 1. The lowest BCUT2D eigenvalue weighted by atomic mass is 10.2. The highest BCUT2D eigenvalue weighted by Gasteiger charge is 2.28. The van der Waals surface area contributed by atoms with Crippen LogP contribution >= 0.6 is 0 Å². The number of H-pyrrole nitrogens is 1. The van der Waals surface area contributed by atoms with Crippen LogP contribution in [-0.2, 0) is 10.0 Å². The van der Waals surface area contributed by atoms with Gasteiger partial charge in [-0.1, -0.05) is 12.1 Å². The number of sulfonamides is 1. The van der Waals surface area contributed by atoms with E-state index in [1.165, 1.54) is 24.3 Å². The number of rotatable bonds is 6. The van der Waals surface area contributed by atoms with Gasteiger partial charge in [0.15, 0.2) is 0 Å². The largest absolute Gasteiger partial charge is 0.342 e. The van der Waals surface area contributed by atoms with Gasteiger partial charge in [-0.25, -0.2) is 18.1 Å². The van der Waals surface area contributed by atoms with Crippen molar-refractivity contribution in [1.29, 1.82) is 0 Å². The molecule has 1 aromatic heterocycles. The molecule has 27 heavy (non-hydrogen) atoms. The first-order valence-corrected chi connectivity index (χ1v) is 10.3. The lowest BCUT2D eigenvalue weighted by Gasteiger charge is -2.12. The van der Waals surface area contributed by atoms with E-state index in [9.17, 15) is 13.2 Å². The van der Waals surface area contributed by atoms with E-state index in [0.717, 1.165) is 23.9 Å². The van der Waals surface area contributed by atoms with Gasteiger partial charge in [0.2, 0.25) is 10.0 Å². The zero-order chi connectivity index (χ0) is 19.0. The molecule has 0 unspecified atom stereocenters. The summed E-state index contributed by atoms with van der Waals surface area (Å²) in [6.45, 7) is 1.84. The van der Waals surface area contributed by atoms with Crippen molar-refractivity contribution in [3.8, 4) is 0 Å². The molecule has 8 heteroatoms. The minimum Gasteiger partial charge on any atom is -0.342 e. The van der Waals surface area contributed by atoms with Gasteiger partial charge in [0.25, 0.3) is 5.91 Å². The summed E-state index contributed by atoms with van der Waals surface area (Å²) in [7, 11) is -3.52. The first-order chi connectivity index (χ1) is 12.9. The minimum absolute atomic E-state index is 0.0441. The van der Waals surface area contributed by atoms with Crippen LogP contribution in [0.5, 0.6) is 0 Å². The lowest BCUT2D eigenvalue weighted by Crippen LogP contribution is -2.28. The van der Waals surface area contributed by atoms with Crippen molar-refractivity contribution < 1.29 is 13.2 Å². The van der Waals surface area contributed by atoms with Crippen LogP contribution in [0.1, 0.15) is 42.0 Å². The number of benzene rings is 2. The molecule has 1 atom stereocenters. The first-order valence-electron chi connectivity index (χ1n) is 8.80. The normalized spacial score (nSPS) is 15.6. The van der Waals surface area contributed by atoms with Crippen LogP contribution in [0.4, 0.5) is 0 Å². The van der Waals surface area contributed by atoms with Crippen molar-refractivity contribution >= 4 is 27.0 Å². The van der Waals surface area contributed by atoms with Gasteiger partial charge in [-0.05, 0) is 56.2 Å². The molecule has 0 bridgehead atoms. The molecule has 1 fully saturated rings. The Bertz CT molecular complexity index is 1050. The number of amides is 1. The maximum atomic E-state index is 12.5. The summed E-state index contributed by atoms with van der Waals surface area (Å²) in [5.74, 6) is 0.374. The van der Waals surface area contributed by atoms with E-state index in [0.29, 0.717) is 11.4 Å². The van der Waals surface area contributed by atoms with Gasteiger partial charge in [0.05, 0.1) is 22.0 Å². The summed E-state index contributed by atoms with van der Waals surface area (Å²) in [6.07, 6.45) is 1.75. The van der Waals surface area contributed by atoms with E-state index < -0.39 is 10.0 Å². The van der Waals surface area contributed by atoms with Crippen molar-refractivity contribution in [3.05, 3.63) is 59.9 Å². The standard InChI is InChI=1S/C19H20N4O3S/c1-12(18-21-16-4-2-3-5-17(16)22-18)20-19(24)13-6-10-15(11-7-13)27(25,26)23-14-8-9-14/h2-7,10-12,14,23H,8-9H2,1H3,(H,20,24)(H,21,22)/t12-/m0/s1. The Morgan fingerprint density at radius 2 is 1.85 bits per heavy atom. The van der Waals surface area contributed by atoms with Crippen LogP contribution in [0.3, 0.4) is 0 Å². The third-order valence-electron chi connectivity index (χ3n) is 4.49. The summed E-state index contributed by atoms with van der Waals surface area (Å²) in [4.78, 5) is 20.3. The number of fused-ring (bicyclic) bond motifs is 1. The van der Waals surface area contributed by atoms with Gasteiger partial charge < -0.3 is 10.3 Å². The van der Waals surface area contributed by atoms with E-state index in [1.807, 2.05) is 31.2 Å². The molecule has 4 rings (SSSR count). The van der Waals surface area contributed by atoms with Crippen molar-refractivity contribution in [1.82, 2.24) is 20.0 Å². The third kappa shape index (κ3) is 3.86. The molecule has 1 amide bonds. The van der Waals surface area contributed by atoms with E-state index >= 15 is 0 Å². The number of carbonyl (C=O) groups is 1. The second-order valence-electron chi connectivity index (χ2n) is 6.75. The maximum Gasteiger partial charge on any atom is 0.251 e. The summed E-state index contributed by atoms with van der Waals surface area (Å²) < 4.78 is 27.0. The molecule has 7 nitrogen and oxygen atoms in total. The van der Waals surface area contributed by atoms with Crippen LogP contribution in [0.15, 0.2) is 53.4 Å². The Balaban J connectivity index is 1.45. The Labute approximate surface area is 157 Å². The van der Waals surface area contributed by atoms with Crippen LogP contribution in [-0.4, -0.2) is 30.3 Å². The topological polar surface area (TPSA) is 104 Å². The van der Waals surface area contributed by atoms with Crippen molar-refractivity contribution in [2.75, 3.05) is 0 Å². The van der Waals surface area contributed by atoms with E-state index in [4.69, 9.17) is 0 Å². The first kappa shape index (κ1) is 17.7. The maximum absolute atomic E-state index is 12.5. The summed E-state index contributed by atoms with van der Waals surface area (Å²) >= 11 is 0. The summed E-state index contributed by atoms with van der Waals surface area (Å²) in [6, 6.07) is 13.3. The molecular formula is C19H20N4O3S. The Morgan fingerprint density at radius 1 is 1.15 bits per heavy atom. The van der Waals surface area contributed by atoms with Crippen molar-refractivity contribution in [2.24, 2.45) is 0 Å². The van der Waals surface area contributed by atoms with Gasteiger partial charge in [-0.15, -0.1) is 0 Å². The highest BCUT2D eigenvalue weighted by Crippen LogP contribution is 2.22. The molecule has 2 aromatic carbocycles. The zero-order valence-electron chi connectivity index (χ0n) is 14.8. The molecule has 1 aliphatic carbocycles. The molecule has 0 saturated heterocycles. The highest BCUT2D eigenvalue weighted by molar-refractivity contribution is 7.89. The average molecular weight is 384 g/mol. The van der Waals surface area contributed by atoms with Crippen LogP contribution in [0.25, 0.3) is 11.0 Å². The van der Waals surface area contributed by atoms with E-state index in [2.05, 4.69) is 20.0 Å². The number of imidazole rings is 1. The minimum atomic E-state index is -3.52. The molecule has 1 saturated carbocycles.